The highest BCUT2D eigenvalue weighted by Gasteiger charge is 2.32. The number of carboxylic acid groups (broad SMARTS) is 1. The van der Waals surface area contributed by atoms with Crippen LogP contribution in [-0.4, -0.2) is 45.2 Å². The molecule has 27 heavy (non-hydrogen) atoms. The van der Waals surface area contributed by atoms with Crippen molar-refractivity contribution in [2.45, 2.75) is 13.3 Å². The Morgan fingerprint density at radius 1 is 1.37 bits per heavy atom. The molecular formula is C18H17N3O4S2. The molecule has 3 rings (SSSR count). The van der Waals surface area contributed by atoms with Crippen molar-refractivity contribution in [3.05, 3.63) is 46.3 Å². The molecular weight excluding hydrogens is 386 g/mol. The van der Waals surface area contributed by atoms with Gasteiger partial charge in [0.2, 0.25) is 5.13 Å². The number of aromatic nitrogens is 1. The van der Waals surface area contributed by atoms with Crippen molar-refractivity contribution in [2.75, 3.05) is 13.2 Å². The topological polar surface area (TPSA) is 92.1 Å². The minimum Gasteiger partial charge on any atom is -0.482 e. The van der Waals surface area contributed by atoms with Gasteiger partial charge in [-0.25, -0.2) is 9.78 Å². The predicted molar refractivity (Wildman–Crippen MR) is 106 cm³/mol. The van der Waals surface area contributed by atoms with Crippen molar-refractivity contribution in [2.24, 2.45) is 4.99 Å². The lowest BCUT2D eigenvalue weighted by atomic mass is 10.2. The number of rotatable bonds is 7. The van der Waals surface area contributed by atoms with Gasteiger partial charge in [0.05, 0.1) is 4.91 Å². The summed E-state index contributed by atoms with van der Waals surface area (Å²) in [5.41, 5.74) is 0.820. The van der Waals surface area contributed by atoms with Crippen molar-refractivity contribution in [3.63, 3.8) is 0 Å². The third-order valence-electron chi connectivity index (χ3n) is 3.49. The lowest BCUT2D eigenvalue weighted by Crippen LogP contribution is -2.29. The summed E-state index contributed by atoms with van der Waals surface area (Å²) in [6.07, 6.45) is 4.30. The number of thiazole rings is 1. The number of hydrogen-bond donors (Lipinski definition) is 1. The Kier molecular flexibility index (Phi) is 6.25. The first-order valence-corrected chi connectivity index (χ1v) is 9.90. The Labute approximate surface area is 164 Å². The number of hydrogen-bond acceptors (Lipinski definition) is 7. The van der Waals surface area contributed by atoms with Gasteiger partial charge in [-0.15, -0.1) is 11.3 Å². The summed E-state index contributed by atoms with van der Waals surface area (Å²) in [5.74, 6) is -0.649. The first kappa shape index (κ1) is 19.1. The molecule has 0 radical (unpaired) electrons. The quantitative estimate of drug-likeness (QED) is 0.710. The Morgan fingerprint density at radius 2 is 2.15 bits per heavy atom. The van der Waals surface area contributed by atoms with E-state index in [-0.39, 0.29) is 5.91 Å². The molecule has 1 amide bonds. The van der Waals surface area contributed by atoms with Crippen LogP contribution in [0.4, 0.5) is 5.13 Å². The van der Waals surface area contributed by atoms with Crippen LogP contribution in [0.3, 0.4) is 0 Å². The molecule has 7 nitrogen and oxygen atoms in total. The molecule has 0 bridgehead atoms. The fourth-order valence-corrected chi connectivity index (χ4v) is 3.89. The smallest absolute Gasteiger partial charge is 0.341 e. The van der Waals surface area contributed by atoms with Crippen LogP contribution < -0.4 is 4.74 Å². The van der Waals surface area contributed by atoms with Gasteiger partial charge in [-0.3, -0.25) is 9.69 Å². The molecule has 1 aromatic carbocycles. The molecule has 2 aromatic rings. The number of aliphatic carboxylic acids is 1. The van der Waals surface area contributed by atoms with Crippen molar-refractivity contribution in [1.29, 1.82) is 0 Å². The van der Waals surface area contributed by atoms with Crippen LogP contribution >= 0.6 is 23.1 Å². The van der Waals surface area contributed by atoms with Gasteiger partial charge in [0.1, 0.15) is 5.75 Å². The van der Waals surface area contributed by atoms with Crippen LogP contribution in [0.15, 0.2) is 45.7 Å². The van der Waals surface area contributed by atoms with Crippen molar-refractivity contribution < 1.29 is 19.4 Å². The summed E-state index contributed by atoms with van der Waals surface area (Å²) in [4.78, 5) is 34.2. The van der Waals surface area contributed by atoms with Crippen LogP contribution in [0.2, 0.25) is 0 Å². The van der Waals surface area contributed by atoms with E-state index >= 15 is 0 Å². The van der Waals surface area contributed by atoms with E-state index in [2.05, 4.69) is 9.98 Å². The number of benzene rings is 1. The maximum absolute atomic E-state index is 12.7. The average molecular weight is 403 g/mol. The number of ether oxygens (including phenoxy) is 1. The zero-order valence-corrected chi connectivity index (χ0v) is 16.1. The third kappa shape index (κ3) is 4.95. The number of amidine groups is 1. The van der Waals surface area contributed by atoms with E-state index in [4.69, 9.17) is 9.84 Å². The van der Waals surface area contributed by atoms with Crippen molar-refractivity contribution in [1.82, 2.24) is 9.88 Å². The minimum absolute atomic E-state index is 0.0802. The second kappa shape index (κ2) is 8.83. The Bertz CT molecular complexity index is 877. The Hall–Kier alpha value is -2.65. The Balaban J connectivity index is 1.79. The zero-order valence-electron chi connectivity index (χ0n) is 14.5. The summed E-state index contributed by atoms with van der Waals surface area (Å²) in [5, 5.41) is 11.7. The molecule has 1 aliphatic heterocycles. The van der Waals surface area contributed by atoms with Gasteiger partial charge in [-0.2, -0.15) is 4.99 Å². The molecule has 1 N–H and O–H groups in total. The highest BCUT2D eigenvalue weighted by molar-refractivity contribution is 8.18. The zero-order chi connectivity index (χ0) is 19.2. The van der Waals surface area contributed by atoms with Gasteiger partial charge >= 0.3 is 5.97 Å². The summed E-state index contributed by atoms with van der Waals surface area (Å²) in [7, 11) is 0. The molecule has 0 spiro atoms. The van der Waals surface area contributed by atoms with E-state index < -0.39 is 12.6 Å². The molecule has 9 heteroatoms. The molecule has 0 aliphatic carbocycles. The fourth-order valence-electron chi connectivity index (χ4n) is 2.32. The van der Waals surface area contributed by atoms with Crippen molar-refractivity contribution >= 4 is 51.4 Å². The van der Waals surface area contributed by atoms with E-state index in [1.54, 1.807) is 41.4 Å². The Morgan fingerprint density at radius 3 is 2.78 bits per heavy atom. The molecule has 1 saturated heterocycles. The van der Waals surface area contributed by atoms with Gasteiger partial charge in [0, 0.05) is 18.1 Å². The highest BCUT2D eigenvalue weighted by Crippen LogP contribution is 2.34. The van der Waals surface area contributed by atoms with Gasteiger partial charge in [-0.05, 0) is 42.0 Å². The third-order valence-corrected chi connectivity index (χ3v) is 5.16. The lowest BCUT2D eigenvalue weighted by Gasteiger charge is -2.13. The summed E-state index contributed by atoms with van der Waals surface area (Å²) in [6.45, 7) is 2.21. The number of thioether (sulfide) groups is 1. The number of aliphatic imine (C=N–C) groups is 1. The normalized spacial score (nSPS) is 17.1. The number of carbonyl (C=O) groups excluding carboxylic acids is 1. The molecule has 1 aromatic heterocycles. The molecule has 1 aliphatic rings. The maximum atomic E-state index is 12.7. The van der Waals surface area contributed by atoms with Crippen LogP contribution in [0.1, 0.15) is 18.9 Å². The van der Waals surface area contributed by atoms with E-state index in [0.717, 1.165) is 12.0 Å². The molecule has 0 atom stereocenters. The second-order valence-corrected chi connectivity index (χ2v) is 7.41. The van der Waals surface area contributed by atoms with E-state index in [1.165, 1.54) is 23.1 Å². The van der Waals surface area contributed by atoms with Gasteiger partial charge < -0.3 is 9.84 Å². The summed E-state index contributed by atoms with van der Waals surface area (Å²) in [6, 6.07) is 6.90. The van der Waals surface area contributed by atoms with Crippen LogP contribution in [-0.2, 0) is 9.59 Å². The summed E-state index contributed by atoms with van der Waals surface area (Å²) < 4.78 is 5.11. The molecule has 0 unspecified atom stereocenters. The number of carbonyl (C=O) groups is 2. The largest absolute Gasteiger partial charge is 0.482 e. The first-order chi connectivity index (χ1) is 13.1. The van der Waals surface area contributed by atoms with Gasteiger partial charge in [-0.1, -0.05) is 19.1 Å². The SMILES string of the molecule is CCCN1C(=O)/C(=C\c2ccc(OCC(=O)O)cc2)S/C1=N/c1nccs1. The summed E-state index contributed by atoms with van der Waals surface area (Å²) >= 11 is 2.74. The number of amides is 1. The molecule has 0 saturated carbocycles. The monoisotopic (exact) mass is 403 g/mol. The van der Waals surface area contributed by atoms with E-state index in [9.17, 15) is 9.59 Å². The molecule has 1 fully saturated rings. The van der Waals surface area contributed by atoms with Crippen molar-refractivity contribution in [3.8, 4) is 5.75 Å². The predicted octanol–water partition coefficient (Wildman–Crippen LogP) is 3.62. The maximum Gasteiger partial charge on any atom is 0.341 e. The van der Waals surface area contributed by atoms with Crippen LogP contribution in [0, 0.1) is 0 Å². The first-order valence-electron chi connectivity index (χ1n) is 8.21. The second-order valence-electron chi connectivity index (χ2n) is 5.53. The van der Waals surface area contributed by atoms with Crippen LogP contribution in [0.5, 0.6) is 5.75 Å². The van der Waals surface area contributed by atoms with E-state index in [1.807, 2.05) is 12.3 Å². The fraction of sp³-hybridized carbons (Fsp3) is 0.222. The van der Waals surface area contributed by atoms with Gasteiger partial charge in [0.25, 0.3) is 5.91 Å². The van der Waals surface area contributed by atoms with Gasteiger partial charge in [0.15, 0.2) is 11.8 Å². The van der Waals surface area contributed by atoms with E-state index in [0.29, 0.717) is 27.5 Å². The minimum atomic E-state index is -1.03. The standard InChI is InChI=1S/C18H17N3O4S2/c1-2-8-21-16(24)14(27-18(21)20-17-19-7-9-26-17)10-12-3-5-13(6-4-12)25-11-15(22)23/h3-7,9-10H,2,8,11H2,1H3,(H,22,23)/b14-10+,20-18+. The lowest BCUT2D eigenvalue weighted by molar-refractivity contribution is -0.139. The molecule has 140 valence electrons. The number of nitrogens with zero attached hydrogens (tertiary/aromatic N) is 3. The average Bonchev–Trinajstić information content (AvgIpc) is 3.26. The highest BCUT2D eigenvalue weighted by atomic mass is 32.2. The molecule has 2 heterocycles. The van der Waals surface area contributed by atoms with Crippen LogP contribution in [0.25, 0.3) is 6.08 Å². The number of carboxylic acids is 1.